The maximum Gasteiger partial charge on any atom is 0.276 e. The fourth-order valence-corrected chi connectivity index (χ4v) is 3.42. The van der Waals surface area contributed by atoms with Crippen LogP contribution >= 0.6 is 0 Å². The maximum atomic E-state index is 12.9. The number of amides is 1. The standard InChI is InChI=1S/C19H27N5O2/c1-14-18(19(25)23-12-9-15(10-13-23)8-11-20-2)21-22-24(14)16-4-6-17(26-3)7-5-16/h4-7,15,20H,8-13H2,1-3H3. The van der Waals surface area contributed by atoms with E-state index in [1.807, 2.05) is 43.1 Å². The van der Waals surface area contributed by atoms with Gasteiger partial charge in [-0.1, -0.05) is 5.21 Å². The number of methoxy groups -OCH3 is 1. The second-order valence-corrected chi connectivity index (χ2v) is 6.76. The Bertz CT molecular complexity index is 733. The van der Waals surface area contributed by atoms with Crippen molar-refractivity contribution in [2.24, 2.45) is 5.92 Å². The smallest absolute Gasteiger partial charge is 0.276 e. The van der Waals surface area contributed by atoms with Gasteiger partial charge in [-0.05, 0) is 70.0 Å². The van der Waals surface area contributed by atoms with Crippen LogP contribution < -0.4 is 10.1 Å². The van der Waals surface area contributed by atoms with Crippen molar-refractivity contribution >= 4 is 5.91 Å². The van der Waals surface area contributed by atoms with Gasteiger partial charge in [0.1, 0.15) is 5.75 Å². The lowest BCUT2D eigenvalue weighted by atomic mass is 9.93. The maximum absolute atomic E-state index is 12.9. The van der Waals surface area contributed by atoms with Gasteiger partial charge in [0, 0.05) is 13.1 Å². The zero-order valence-electron chi connectivity index (χ0n) is 15.7. The number of piperidine rings is 1. The average Bonchev–Trinajstić information content (AvgIpc) is 3.07. The Kier molecular flexibility index (Phi) is 5.88. The number of nitrogens with zero attached hydrogens (tertiary/aromatic N) is 4. The van der Waals surface area contributed by atoms with Gasteiger partial charge in [-0.15, -0.1) is 5.10 Å². The van der Waals surface area contributed by atoms with Crippen molar-refractivity contribution in [3.8, 4) is 11.4 Å². The number of likely N-dealkylation sites (tertiary alicyclic amines) is 1. The molecule has 0 saturated carbocycles. The number of carbonyl (C=O) groups excluding carboxylic acids is 1. The van der Waals surface area contributed by atoms with Crippen LogP contribution in [0.1, 0.15) is 35.4 Å². The van der Waals surface area contributed by atoms with Gasteiger partial charge >= 0.3 is 0 Å². The van der Waals surface area contributed by atoms with Crippen LogP contribution in [-0.2, 0) is 0 Å². The summed E-state index contributed by atoms with van der Waals surface area (Å²) in [4.78, 5) is 14.8. The lowest BCUT2D eigenvalue weighted by Crippen LogP contribution is -2.39. The molecule has 2 aromatic rings. The summed E-state index contributed by atoms with van der Waals surface area (Å²) in [5, 5.41) is 11.5. The second kappa shape index (κ2) is 8.31. The SMILES string of the molecule is CNCCC1CCN(C(=O)c2nnn(-c3ccc(OC)cc3)c2C)CC1. The summed E-state index contributed by atoms with van der Waals surface area (Å²) in [7, 11) is 3.61. The minimum Gasteiger partial charge on any atom is -0.497 e. The molecule has 1 amide bonds. The molecule has 0 spiro atoms. The van der Waals surface area contributed by atoms with E-state index in [9.17, 15) is 4.79 Å². The third kappa shape index (κ3) is 3.88. The highest BCUT2D eigenvalue weighted by atomic mass is 16.5. The topological polar surface area (TPSA) is 72.3 Å². The molecule has 1 fully saturated rings. The van der Waals surface area contributed by atoms with Crippen molar-refractivity contribution in [2.45, 2.75) is 26.2 Å². The van der Waals surface area contributed by atoms with E-state index in [2.05, 4.69) is 15.6 Å². The van der Waals surface area contributed by atoms with Gasteiger partial charge in [0.25, 0.3) is 5.91 Å². The van der Waals surface area contributed by atoms with Crippen molar-refractivity contribution in [3.05, 3.63) is 35.7 Å². The van der Waals surface area contributed by atoms with E-state index in [4.69, 9.17) is 4.74 Å². The van der Waals surface area contributed by atoms with Gasteiger partial charge in [0.2, 0.25) is 0 Å². The first-order chi connectivity index (χ1) is 12.6. The Labute approximate surface area is 154 Å². The first-order valence-electron chi connectivity index (χ1n) is 9.14. The van der Waals surface area contributed by atoms with Crippen LogP contribution in [0.15, 0.2) is 24.3 Å². The van der Waals surface area contributed by atoms with E-state index in [1.54, 1.807) is 11.8 Å². The van der Waals surface area contributed by atoms with Crippen LogP contribution in [-0.4, -0.2) is 59.6 Å². The molecule has 3 rings (SSSR count). The molecular weight excluding hydrogens is 330 g/mol. The first-order valence-corrected chi connectivity index (χ1v) is 9.14. The van der Waals surface area contributed by atoms with Gasteiger partial charge in [0.15, 0.2) is 5.69 Å². The van der Waals surface area contributed by atoms with Crippen molar-refractivity contribution in [1.82, 2.24) is 25.2 Å². The molecule has 0 radical (unpaired) electrons. The van der Waals surface area contributed by atoms with Gasteiger partial charge in [-0.3, -0.25) is 4.79 Å². The second-order valence-electron chi connectivity index (χ2n) is 6.76. The Morgan fingerprint density at radius 1 is 1.27 bits per heavy atom. The normalized spacial score (nSPS) is 15.3. The highest BCUT2D eigenvalue weighted by Gasteiger charge is 2.27. The van der Waals surface area contributed by atoms with Crippen molar-refractivity contribution in [1.29, 1.82) is 0 Å². The Balaban J connectivity index is 1.68. The number of nitrogens with one attached hydrogen (secondary N) is 1. The minimum atomic E-state index is -0.0191. The van der Waals surface area contributed by atoms with E-state index >= 15 is 0 Å². The molecule has 1 N–H and O–H groups in total. The summed E-state index contributed by atoms with van der Waals surface area (Å²) in [6.45, 7) is 4.51. The molecule has 2 heterocycles. The van der Waals surface area contributed by atoms with Gasteiger partial charge < -0.3 is 15.0 Å². The Morgan fingerprint density at radius 2 is 1.96 bits per heavy atom. The van der Waals surface area contributed by atoms with Crippen LogP contribution in [0.3, 0.4) is 0 Å². The largest absolute Gasteiger partial charge is 0.497 e. The molecule has 1 saturated heterocycles. The predicted molar refractivity (Wildman–Crippen MR) is 99.8 cm³/mol. The molecule has 1 aromatic heterocycles. The van der Waals surface area contributed by atoms with E-state index in [1.165, 1.54) is 6.42 Å². The molecule has 0 atom stereocenters. The summed E-state index contributed by atoms with van der Waals surface area (Å²) in [5.41, 5.74) is 2.06. The quantitative estimate of drug-likeness (QED) is 0.857. The molecule has 1 aromatic carbocycles. The predicted octanol–water partition coefficient (Wildman–Crippen LogP) is 2.05. The van der Waals surface area contributed by atoms with Gasteiger partial charge in [-0.2, -0.15) is 0 Å². The minimum absolute atomic E-state index is 0.0191. The number of aromatic nitrogens is 3. The van der Waals surface area contributed by atoms with Crippen molar-refractivity contribution < 1.29 is 9.53 Å². The number of hydrogen-bond donors (Lipinski definition) is 1. The number of carbonyl (C=O) groups is 1. The number of hydrogen-bond acceptors (Lipinski definition) is 5. The third-order valence-corrected chi connectivity index (χ3v) is 5.12. The van der Waals surface area contributed by atoms with Crippen LogP contribution in [0.2, 0.25) is 0 Å². The number of rotatable bonds is 6. The van der Waals surface area contributed by atoms with Crippen LogP contribution in [0.25, 0.3) is 5.69 Å². The fourth-order valence-electron chi connectivity index (χ4n) is 3.42. The Hall–Kier alpha value is -2.41. The van der Waals surface area contributed by atoms with E-state index < -0.39 is 0 Å². The van der Waals surface area contributed by atoms with E-state index in [0.29, 0.717) is 11.6 Å². The molecule has 0 aliphatic carbocycles. The van der Waals surface area contributed by atoms with Crippen LogP contribution in [0.5, 0.6) is 5.75 Å². The summed E-state index contributed by atoms with van der Waals surface area (Å²) in [6.07, 6.45) is 3.28. The van der Waals surface area contributed by atoms with E-state index in [-0.39, 0.29) is 5.91 Å². The monoisotopic (exact) mass is 357 g/mol. The van der Waals surface area contributed by atoms with Crippen molar-refractivity contribution in [2.75, 3.05) is 33.8 Å². The lowest BCUT2D eigenvalue weighted by molar-refractivity contribution is 0.0680. The molecule has 1 aliphatic rings. The first kappa shape index (κ1) is 18.4. The highest BCUT2D eigenvalue weighted by Crippen LogP contribution is 2.22. The van der Waals surface area contributed by atoms with Gasteiger partial charge in [-0.25, -0.2) is 4.68 Å². The zero-order valence-corrected chi connectivity index (χ0v) is 15.7. The molecule has 0 unspecified atom stereocenters. The van der Waals surface area contributed by atoms with Gasteiger partial charge in [0.05, 0.1) is 18.5 Å². The summed E-state index contributed by atoms with van der Waals surface area (Å²) >= 11 is 0. The van der Waals surface area contributed by atoms with Crippen LogP contribution in [0, 0.1) is 12.8 Å². The molecule has 7 nitrogen and oxygen atoms in total. The highest BCUT2D eigenvalue weighted by molar-refractivity contribution is 5.93. The molecule has 1 aliphatic heterocycles. The molecule has 140 valence electrons. The fraction of sp³-hybridized carbons (Fsp3) is 0.526. The molecule has 0 bridgehead atoms. The van der Waals surface area contributed by atoms with E-state index in [0.717, 1.165) is 49.6 Å². The summed E-state index contributed by atoms with van der Waals surface area (Å²) in [5.74, 6) is 1.46. The summed E-state index contributed by atoms with van der Waals surface area (Å²) in [6, 6.07) is 7.55. The lowest BCUT2D eigenvalue weighted by Gasteiger charge is -2.31. The third-order valence-electron chi connectivity index (χ3n) is 5.12. The molecular formula is C19H27N5O2. The zero-order chi connectivity index (χ0) is 18.5. The average molecular weight is 357 g/mol. The van der Waals surface area contributed by atoms with Crippen LogP contribution in [0.4, 0.5) is 0 Å². The Morgan fingerprint density at radius 3 is 2.58 bits per heavy atom. The molecule has 26 heavy (non-hydrogen) atoms. The summed E-state index contributed by atoms with van der Waals surface area (Å²) < 4.78 is 6.88. The molecule has 7 heteroatoms. The number of benzene rings is 1. The van der Waals surface area contributed by atoms with Crippen molar-refractivity contribution in [3.63, 3.8) is 0 Å². The number of ether oxygens (including phenoxy) is 1.